The number of ether oxygens (including phenoxy) is 1. The molecule has 2 N–H and O–H groups in total. The summed E-state index contributed by atoms with van der Waals surface area (Å²) in [5.74, 6) is 0.920. The fourth-order valence-corrected chi connectivity index (χ4v) is 2.65. The molecule has 112 valence electrons. The molecule has 2 aromatic rings. The standard InChI is InChI=1S/C18H22BrNO/c1-3-17(20)11-15-10-16(19)7-8-18(15)21-12-14-6-4-5-13(2)9-14/h4-10,17H,3,11-12,20H2,1-2H3. The van der Waals surface area contributed by atoms with Crippen molar-refractivity contribution < 1.29 is 4.74 Å². The summed E-state index contributed by atoms with van der Waals surface area (Å²) in [6.07, 6.45) is 1.79. The van der Waals surface area contributed by atoms with Gasteiger partial charge in [-0.1, -0.05) is 52.7 Å². The quantitative estimate of drug-likeness (QED) is 0.827. The molecule has 0 bridgehead atoms. The van der Waals surface area contributed by atoms with Crippen LogP contribution in [0.2, 0.25) is 0 Å². The van der Waals surface area contributed by atoms with E-state index in [-0.39, 0.29) is 6.04 Å². The Kier molecular flexibility index (Phi) is 5.83. The maximum atomic E-state index is 6.08. The Morgan fingerprint density at radius 2 is 2.00 bits per heavy atom. The molecule has 0 saturated carbocycles. The van der Waals surface area contributed by atoms with E-state index in [9.17, 15) is 0 Å². The van der Waals surface area contributed by atoms with E-state index >= 15 is 0 Å². The zero-order valence-corrected chi connectivity index (χ0v) is 14.2. The van der Waals surface area contributed by atoms with Gasteiger partial charge in [-0.05, 0) is 49.1 Å². The van der Waals surface area contributed by atoms with Gasteiger partial charge in [-0.2, -0.15) is 0 Å². The number of hydrogen-bond donors (Lipinski definition) is 1. The molecule has 1 unspecified atom stereocenters. The molecule has 3 heteroatoms. The summed E-state index contributed by atoms with van der Waals surface area (Å²) in [6.45, 7) is 4.78. The smallest absolute Gasteiger partial charge is 0.123 e. The van der Waals surface area contributed by atoms with Gasteiger partial charge in [0, 0.05) is 10.5 Å². The van der Waals surface area contributed by atoms with Crippen LogP contribution >= 0.6 is 15.9 Å². The topological polar surface area (TPSA) is 35.2 Å². The van der Waals surface area contributed by atoms with E-state index in [2.05, 4.69) is 60.1 Å². The van der Waals surface area contributed by atoms with Crippen LogP contribution in [0.1, 0.15) is 30.0 Å². The van der Waals surface area contributed by atoms with E-state index in [0.717, 1.165) is 28.6 Å². The second kappa shape index (κ2) is 7.62. The molecule has 0 heterocycles. The minimum absolute atomic E-state index is 0.167. The summed E-state index contributed by atoms with van der Waals surface area (Å²) >= 11 is 3.52. The molecule has 0 aromatic heterocycles. The second-order valence-electron chi connectivity index (χ2n) is 5.40. The number of aryl methyl sites for hydroxylation is 1. The second-order valence-corrected chi connectivity index (χ2v) is 6.32. The normalized spacial score (nSPS) is 12.2. The van der Waals surface area contributed by atoms with Crippen LogP contribution in [0, 0.1) is 6.92 Å². The number of hydrogen-bond acceptors (Lipinski definition) is 2. The Balaban J connectivity index is 2.11. The van der Waals surface area contributed by atoms with E-state index in [1.54, 1.807) is 0 Å². The largest absolute Gasteiger partial charge is 0.489 e. The van der Waals surface area contributed by atoms with Crippen molar-refractivity contribution in [2.75, 3.05) is 0 Å². The lowest BCUT2D eigenvalue weighted by Crippen LogP contribution is -2.21. The summed E-state index contributed by atoms with van der Waals surface area (Å²) in [7, 11) is 0. The number of halogens is 1. The molecule has 0 fully saturated rings. The number of benzene rings is 2. The van der Waals surface area contributed by atoms with E-state index in [1.165, 1.54) is 11.1 Å². The van der Waals surface area contributed by atoms with Gasteiger partial charge in [-0.15, -0.1) is 0 Å². The van der Waals surface area contributed by atoms with E-state index in [1.807, 2.05) is 12.1 Å². The molecule has 21 heavy (non-hydrogen) atoms. The molecule has 1 atom stereocenters. The Morgan fingerprint density at radius 1 is 1.19 bits per heavy atom. The van der Waals surface area contributed by atoms with Gasteiger partial charge in [0.2, 0.25) is 0 Å². The van der Waals surface area contributed by atoms with Crippen molar-refractivity contribution in [3.05, 3.63) is 63.6 Å². The van der Waals surface area contributed by atoms with Crippen LogP contribution in [0.15, 0.2) is 46.9 Å². The van der Waals surface area contributed by atoms with Gasteiger partial charge >= 0.3 is 0 Å². The van der Waals surface area contributed by atoms with Crippen molar-refractivity contribution in [1.82, 2.24) is 0 Å². The maximum absolute atomic E-state index is 6.08. The summed E-state index contributed by atoms with van der Waals surface area (Å²) in [6, 6.07) is 14.7. The molecule has 2 rings (SSSR count). The van der Waals surface area contributed by atoms with E-state index < -0.39 is 0 Å². The van der Waals surface area contributed by atoms with Gasteiger partial charge in [0.1, 0.15) is 12.4 Å². The summed E-state index contributed by atoms with van der Waals surface area (Å²) in [5, 5.41) is 0. The van der Waals surface area contributed by atoms with Gasteiger partial charge in [0.05, 0.1) is 0 Å². The zero-order valence-electron chi connectivity index (χ0n) is 12.6. The Labute approximate surface area is 135 Å². The fourth-order valence-electron chi connectivity index (χ4n) is 2.24. The first-order valence-corrected chi connectivity index (χ1v) is 8.10. The third-order valence-corrected chi connectivity index (χ3v) is 4.00. The van der Waals surface area contributed by atoms with Crippen LogP contribution < -0.4 is 10.5 Å². The summed E-state index contributed by atoms with van der Waals surface area (Å²) in [5.41, 5.74) is 9.67. The third-order valence-electron chi connectivity index (χ3n) is 3.51. The molecule has 0 aliphatic carbocycles. The van der Waals surface area contributed by atoms with Crippen molar-refractivity contribution in [2.45, 2.75) is 39.3 Å². The fraction of sp³-hybridized carbons (Fsp3) is 0.333. The highest BCUT2D eigenvalue weighted by molar-refractivity contribution is 9.10. The summed E-state index contributed by atoms with van der Waals surface area (Å²) < 4.78 is 7.06. The highest BCUT2D eigenvalue weighted by Gasteiger charge is 2.09. The molecule has 2 nitrogen and oxygen atoms in total. The van der Waals surface area contributed by atoms with Crippen LogP contribution in [0.25, 0.3) is 0 Å². The van der Waals surface area contributed by atoms with Crippen molar-refractivity contribution in [2.24, 2.45) is 5.73 Å². The molecular formula is C18H22BrNO. The predicted octanol–water partition coefficient (Wildman–Crippen LogP) is 4.62. The lowest BCUT2D eigenvalue weighted by molar-refractivity contribution is 0.302. The molecular weight excluding hydrogens is 326 g/mol. The van der Waals surface area contributed by atoms with Crippen LogP contribution in [0.4, 0.5) is 0 Å². The first-order chi connectivity index (χ1) is 10.1. The average Bonchev–Trinajstić information content (AvgIpc) is 2.46. The molecule has 0 aliphatic heterocycles. The number of rotatable bonds is 6. The van der Waals surface area contributed by atoms with E-state index in [0.29, 0.717) is 6.61 Å². The van der Waals surface area contributed by atoms with Crippen LogP contribution in [-0.2, 0) is 13.0 Å². The van der Waals surface area contributed by atoms with Crippen LogP contribution in [0.3, 0.4) is 0 Å². The average molecular weight is 348 g/mol. The highest BCUT2D eigenvalue weighted by atomic mass is 79.9. The van der Waals surface area contributed by atoms with Gasteiger partial charge < -0.3 is 10.5 Å². The van der Waals surface area contributed by atoms with Crippen LogP contribution in [0.5, 0.6) is 5.75 Å². The third kappa shape index (κ3) is 4.87. The lowest BCUT2D eigenvalue weighted by atomic mass is 10.0. The van der Waals surface area contributed by atoms with E-state index in [4.69, 9.17) is 10.5 Å². The highest BCUT2D eigenvalue weighted by Crippen LogP contribution is 2.25. The van der Waals surface area contributed by atoms with Gasteiger partial charge in [0.25, 0.3) is 0 Å². The van der Waals surface area contributed by atoms with Gasteiger partial charge in [-0.25, -0.2) is 0 Å². The summed E-state index contributed by atoms with van der Waals surface area (Å²) in [4.78, 5) is 0. The molecule has 0 saturated heterocycles. The van der Waals surface area contributed by atoms with Gasteiger partial charge in [0.15, 0.2) is 0 Å². The minimum Gasteiger partial charge on any atom is -0.489 e. The first kappa shape index (κ1) is 16.1. The van der Waals surface area contributed by atoms with Crippen LogP contribution in [-0.4, -0.2) is 6.04 Å². The monoisotopic (exact) mass is 347 g/mol. The Bertz CT molecular complexity index is 598. The molecule has 0 aliphatic rings. The Morgan fingerprint density at radius 3 is 2.71 bits per heavy atom. The minimum atomic E-state index is 0.167. The lowest BCUT2D eigenvalue weighted by Gasteiger charge is -2.15. The molecule has 0 radical (unpaired) electrons. The van der Waals surface area contributed by atoms with Crippen molar-refractivity contribution >= 4 is 15.9 Å². The van der Waals surface area contributed by atoms with Crippen molar-refractivity contribution in [3.63, 3.8) is 0 Å². The maximum Gasteiger partial charge on any atom is 0.123 e. The SMILES string of the molecule is CCC(N)Cc1cc(Br)ccc1OCc1cccc(C)c1. The van der Waals surface area contributed by atoms with Crippen molar-refractivity contribution in [1.29, 1.82) is 0 Å². The van der Waals surface area contributed by atoms with Gasteiger partial charge in [-0.3, -0.25) is 0 Å². The first-order valence-electron chi connectivity index (χ1n) is 7.31. The molecule has 0 amide bonds. The Hall–Kier alpha value is -1.32. The predicted molar refractivity (Wildman–Crippen MR) is 91.6 cm³/mol. The zero-order chi connectivity index (χ0) is 15.2. The molecule has 2 aromatic carbocycles. The molecule has 0 spiro atoms. The number of nitrogens with two attached hydrogens (primary N) is 1. The van der Waals surface area contributed by atoms with Crippen molar-refractivity contribution in [3.8, 4) is 5.75 Å².